The van der Waals surface area contributed by atoms with Crippen molar-refractivity contribution in [2.45, 2.75) is 32.3 Å². The van der Waals surface area contributed by atoms with E-state index >= 15 is 0 Å². The topological polar surface area (TPSA) is 35.5 Å². The zero-order chi connectivity index (χ0) is 14.9. The van der Waals surface area contributed by atoms with Crippen LogP contribution in [0.3, 0.4) is 0 Å². The second kappa shape index (κ2) is 5.56. The van der Waals surface area contributed by atoms with E-state index in [1.165, 1.54) is 12.8 Å². The molecule has 22 heavy (non-hydrogen) atoms. The van der Waals surface area contributed by atoms with Crippen LogP contribution in [0.1, 0.15) is 37.9 Å². The van der Waals surface area contributed by atoms with Crippen LogP contribution < -0.4 is 4.74 Å². The lowest BCUT2D eigenvalue weighted by molar-refractivity contribution is 0.190. The summed E-state index contributed by atoms with van der Waals surface area (Å²) < 4.78 is 17.0. The highest BCUT2D eigenvalue weighted by atomic mass is 16.5. The Bertz CT molecular complexity index is 741. The fraction of sp³-hybridized carbons (Fsp3) is 0.368. The van der Waals surface area contributed by atoms with Gasteiger partial charge in [-0.1, -0.05) is 13.0 Å². The molecule has 0 spiro atoms. The molecule has 1 fully saturated rings. The summed E-state index contributed by atoms with van der Waals surface area (Å²) in [6, 6.07) is 9.89. The van der Waals surface area contributed by atoms with E-state index in [2.05, 4.69) is 6.92 Å². The molecule has 3 nitrogen and oxygen atoms in total. The molecule has 4 rings (SSSR count). The summed E-state index contributed by atoms with van der Waals surface area (Å²) in [6.07, 6.45) is 8.82. The van der Waals surface area contributed by atoms with Gasteiger partial charge in [0.2, 0.25) is 0 Å². The first-order valence-corrected chi connectivity index (χ1v) is 7.96. The SMILES string of the molecule is CC1CC1CC[C@H](Oc1cccc2occc12)c1ccoc1. The van der Waals surface area contributed by atoms with Gasteiger partial charge in [-0.15, -0.1) is 0 Å². The normalized spacial score (nSPS) is 21.9. The molecule has 0 saturated heterocycles. The smallest absolute Gasteiger partial charge is 0.137 e. The molecule has 1 saturated carbocycles. The molecular weight excluding hydrogens is 276 g/mol. The maximum absolute atomic E-state index is 6.32. The number of furan rings is 2. The monoisotopic (exact) mass is 296 g/mol. The quantitative estimate of drug-likeness (QED) is 0.595. The minimum absolute atomic E-state index is 0.0343. The molecule has 1 aliphatic carbocycles. The summed E-state index contributed by atoms with van der Waals surface area (Å²) in [5.74, 6) is 2.62. The fourth-order valence-corrected chi connectivity index (χ4v) is 3.14. The number of hydrogen-bond acceptors (Lipinski definition) is 3. The number of hydrogen-bond donors (Lipinski definition) is 0. The maximum Gasteiger partial charge on any atom is 0.137 e. The molecule has 0 N–H and O–H groups in total. The van der Waals surface area contributed by atoms with Crippen LogP contribution in [0.25, 0.3) is 11.0 Å². The zero-order valence-electron chi connectivity index (χ0n) is 12.7. The van der Waals surface area contributed by atoms with Gasteiger partial charge in [-0.3, -0.25) is 0 Å². The molecule has 2 heterocycles. The molecular formula is C19H20O3. The van der Waals surface area contributed by atoms with E-state index in [9.17, 15) is 0 Å². The van der Waals surface area contributed by atoms with Crippen molar-refractivity contribution in [2.24, 2.45) is 11.8 Å². The minimum Gasteiger partial charge on any atom is -0.485 e. The predicted octanol–water partition coefficient (Wildman–Crippen LogP) is 5.58. The largest absolute Gasteiger partial charge is 0.485 e. The molecule has 0 amide bonds. The molecule has 2 unspecified atom stereocenters. The molecule has 0 bridgehead atoms. The van der Waals surface area contributed by atoms with Crippen LogP contribution in [0.4, 0.5) is 0 Å². The van der Waals surface area contributed by atoms with Crippen molar-refractivity contribution in [2.75, 3.05) is 0 Å². The Balaban J connectivity index is 1.56. The fourth-order valence-electron chi connectivity index (χ4n) is 3.14. The van der Waals surface area contributed by atoms with E-state index in [-0.39, 0.29) is 6.10 Å². The Labute approximate surface area is 129 Å². The molecule has 114 valence electrons. The Morgan fingerprint density at radius 1 is 1.23 bits per heavy atom. The van der Waals surface area contributed by atoms with Crippen molar-refractivity contribution in [3.63, 3.8) is 0 Å². The highest BCUT2D eigenvalue weighted by Gasteiger charge is 2.33. The Hall–Kier alpha value is -2.16. The van der Waals surface area contributed by atoms with Gasteiger partial charge < -0.3 is 13.6 Å². The van der Waals surface area contributed by atoms with Crippen LogP contribution >= 0.6 is 0 Å². The number of rotatable bonds is 6. The maximum atomic E-state index is 6.32. The van der Waals surface area contributed by atoms with Crippen molar-refractivity contribution in [1.29, 1.82) is 0 Å². The molecule has 2 aromatic heterocycles. The average Bonchev–Trinajstić information content (AvgIpc) is 2.99. The molecule has 1 aliphatic rings. The van der Waals surface area contributed by atoms with Crippen molar-refractivity contribution in [3.8, 4) is 5.75 Å². The Morgan fingerprint density at radius 2 is 2.14 bits per heavy atom. The first-order chi connectivity index (χ1) is 10.8. The van der Waals surface area contributed by atoms with Crippen LogP contribution in [0.15, 0.2) is 58.0 Å². The number of fused-ring (bicyclic) bond motifs is 1. The van der Waals surface area contributed by atoms with Gasteiger partial charge >= 0.3 is 0 Å². The number of benzene rings is 1. The molecule has 3 heteroatoms. The number of ether oxygens (including phenoxy) is 1. The van der Waals surface area contributed by atoms with Crippen molar-refractivity contribution >= 4 is 11.0 Å². The van der Waals surface area contributed by atoms with E-state index in [1.54, 1.807) is 18.8 Å². The molecule has 1 aromatic carbocycles. The van der Waals surface area contributed by atoms with Crippen molar-refractivity contribution in [1.82, 2.24) is 0 Å². The summed E-state index contributed by atoms with van der Waals surface area (Å²) in [6.45, 7) is 2.32. The first kappa shape index (κ1) is 13.5. The molecule has 3 aromatic rings. The van der Waals surface area contributed by atoms with Crippen LogP contribution in [-0.2, 0) is 0 Å². The van der Waals surface area contributed by atoms with Crippen LogP contribution in [0, 0.1) is 11.8 Å². The first-order valence-electron chi connectivity index (χ1n) is 7.96. The minimum atomic E-state index is 0.0343. The lowest BCUT2D eigenvalue weighted by atomic mass is 10.0. The van der Waals surface area contributed by atoms with Gasteiger partial charge in [0.1, 0.15) is 17.4 Å². The molecule has 0 radical (unpaired) electrons. The summed E-state index contributed by atoms with van der Waals surface area (Å²) >= 11 is 0. The lowest BCUT2D eigenvalue weighted by Crippen LogP contribution is -2.07. The Kier molecular flexibility index (Phi) is 3.41. The third-order valence-electron chi connectivity index (χ3n) is 4.72. The van der Waals surface area contributed by atoms with Gasteiger partial charge in [0.15, 0.2) is 0 Å². The van der Waals surface area contributed by atoms with Gasteiger partial charge in [0.05, 0.1) is 24.2 Å². The standard InChI is InChI=1S/C19H20O3/c1-13-11-14(13)5-6-17(15-7-9-20-12-15)22-19-4-2-3-18-16(19)8-10-21-18/h2-4,7-10,12-14,17H,5-6,11H2,1H3/t13?,14?,17-/m0/s1. The third kappa shape index (κ3) is 2.63. The van der Waals surface area contributed by atoms with Gasteiger partial charge in [0, 0.05) is 5.56 Å². The third-order valence-corrected chi connectivity index (χ3v) is 4.72. The van der Waals surface area contributed by atoms with E-state index in [0.29, 0.717) is 0 Å². The van der Waals surface area contributed by atoms with E-state index in [0.717, 1.165) is 40.5 Å². The van der Waals surface area contributed by atoms with Crippen LogP contribution in [0.5, 0.6) is 5.75 Å². The summed E-state index contributed by atoms with van der Waals surface area (Å²) in [5.41, 5.74) is 1.97. The second-order valence-electron chi connectivity index (χ2n) is 6.30. The van der Waals surface area contributed by atoms with Gasteiger partial charge in [-0.25, -0.2) is 0 Å². The van der Waals surface area contributed by atoms with Crippen LogP contribution in [0.2, 0.25) is 0 Å². The van der Waals surface area contributed by atoms with Crippen LogP contribution in [-0.4, -0.2) is 0 Å². The lowest BCUT2D eigenvalue weighted by Gasteiger charge is -2.18. The summed E-state index contributed by atoms with van der Waals surface area (Å²) in [7, 11) is 0. The van der Waals surface area contributed by atoms with Gasteiger partial charge in [-0.05, 0) is 55.4 Å². The Morgan fingerprint density at radius 3 is 2.91 bits per heavy atom. The molecule has 3 atom stereocenters. The average molecular weight is 296 g/mol. The van der Waals surface area contributed by atoms with Gasteiger partial charge in [-0.2, -0.15) is 0 Å². The summed E-state index contributed by atoms with van der Waals surface area (Å²) in [4.78, 5) is 0. The zero-order valence-corrected chi connectivity index (χ0v) is 12.7. The predicted molar refractivity (Wildman–Crippen MR) is 84.8 cm³/mol. The highest BCUT2D eigenvalue weighted by Crippen LogP contribution is 2.43. The van der Waals surface area contributed by atoms with Gasteiger partial charge in [0.25, 0.3) is 0 Å². The van der Waals surface area contributed by atoms with E-state index in [1.807, 2.05) is 30.3 Å². The second-order valence-corrected chi connectivity index (χ2v) is 6.30. The molecule has 0 aliphatic heterocycles. The summed E-state index contributed by atoms with van der Waals surface area (Å²) in [5, 5.41) is 1.02. The van der Waals surface area contributed by atoms with E-state index < -0.39 is 0 Å². The van der Waals surface area contributed by atoms with E-state index in [4.69, 9.17) is 13.6 Å². The van der Waals surface area contributed by atoms with Crippen molar-refractivity contribution in [3.05, 3.63) is 54.7 Å². The van der Waals surface area contributed by atoms with Crippen molar-refractivity contribution < 1.29 is 13.6 Å². The highest BCUT2D eigenvalue weighted by molar-refractivity contribution is 5.83.